The predicted octanol–water partition coefficient (Wildman–Crippen LogP) is 3.66. The minimum Gasteiger partial charge on any atom is -0.397 e. The van der Waals surface area contributed by atoms with Crippen molar-refractivity contribution in [3.63, 3.8) is 0 Å². The molecule has 106 valence electrons. The molecule has 20 heavy (non-hydrogen) atoms. The number of nitrogens with zero attached hydrogens (tertiary/aromatic N) is 1. The van der Waals surface area contributed by atoms with E-state index in [1.165, 1.54) is 17.4 Å². The third-order valence-corrected chi connectivity index (χ3v) is 4.30. The van der Waals surface area contributed by atoms with Gasteiger partial charge in [-0.3, -0.25) is 4.79 Å². The van der Waals surface area contributed by atoms with Crippen LogP contribution in [-0.2, 0) is 0 Å². The number of anilines is 1. The van der Waals surface area contributed by atoms with Crippen LogP contribution in [0, 0.1) is 5.82 Å². The summed E-state index contributed by atoms with van der Waals surface area (Å²) in [6, 6.07) is 4.75. The maximum absolute atomic E-state index is 13.8. The lowest BCUT2D eigenvalue weighted by Gasteiger charge is -2.16. The standard InChI is InChI=1S/C15H17FN2OS/c1-3-4-5-9-18(2)15(19)14-13(17)12-10(16)7-6-8-11(12)20-14/h3,6-8H,1,4-5,9,17H2,2H3. The number of thiophene rings is 1. The summed E-state index contributed by atoms with van der Waals surface area (Å²) >= 11 is 1.24. The van der Waals surface area contributed by atoms with Crippen LogP contribution in [0.25, 0.3) is 10.1 Å². The van der Waals surface area contributed by atoms with Gasteiger partial charge in [0, 0.05) is 18.3 Å². The number of allylic oxidation sites excluding steroid dienone is 1. The molecule has 0 aliphatic heterocycles. The Morgan fingerprint density at radius 1 is 1.55 bits per heavy atom. The zero-order chi connectivity index (χ0) is 14.7. The number of carbonyl (C=O) groups is 1. The highest BCUT2D eigenvalue weighted by Crippen LogP contribution is 2.35. The molecule has 2 rings (SSSR count). The van der Waals surface area contributed by atoms with Gasteiger partial charge in [0.2, 0.25) is 0 Å². The summed E-state index contributed by atoms with van der Waals surface area (Å²) in [4.78, 5) is 14.4. The van der Waals surface area contributed by atoms with E-state index in [1.807, 2.05) is 6.08 Å². The highest BCUT2D eigenvalue weighted by atomic mass is 32.1. The van der Waals surface area contributed by atoms with Crippen LogP contribution in [0.5, 0.6) is 0 Å². The highest BCUT2D eigenvalue weighted by Gasteiger charge is 2.21. The number of unbranched alkanes of at least 4 members (excludes halogenated alkanes) is 1. The fraction of sp³-hybridized carbons (Fsp3) is 0.267. The lowest BCUT2D eigenvalue weighted by molar-refractivity contribution is 0.0799. The summed E-state index contributed by atoms with van der Waals surface area (Å²) in [5.74, 6) is -0.545. The molecule has 3 nitrogen and oxygen atoms in total. The topological polar surface area (TPSA) is 46.3 Å². The summed E-state index contributed by atoms with van der Waals surface area (Å²) in [5.41, 5.74) is 6.18. The average Bonchev–Trinajstić information content (AvgIpc) is 2.76. The van der Waals surface area contributed by atoms with Crippen LogP contribution in [0.15, 0.2) is 30.9 Å². The van der Waals surface area contributed by atoms with E-state index in [9.17, 15) is 9.18 Å². The number of nitrogen functional groups attached to an aromatic ring is 1. The lowest BCUT2D eigenvalue weighted by Crippen LogP contribution is -2.27. The van der Waals surface area contributed by atoms with Crippen molar-refractivity contribution in [3.05, 3.63) is 41.5 Å². The van der Waals surface area contributed by atoms with Crippen molar-refractivity contribution in [1.82, 2.24) is 4.90 Å². The van der Waals surface area contributed by atoms with Crippen LogP contribution in [0.3, 0.4) is 0 Å². The Morgan fingerprint density at radius 3 is 2.95 bits per heavy atom. The monoisotopic (exact) mass is 292 g/mol. The minimum atomic E-state index is -0.385. The molecule has 0 unspecified atom stereocenters. The van der Waals surface area contributed by atoms with Crippen LogP contribution in [-0.4, -0.2) is 24.4 Å². The van der Waals surface area contributed by atoms with Gasteiger partial charge in [0.25, 0.3) is 5.91 Å². The number of carbonyl (C=O) groups excluding carboxylic acids is 1. The largest absolute Gasteiger partial charge is 0.397 e. The van der Waals surface area contributed by atoms with E-state index in [2.05, 4.69) is 6.58 Å². The minimum absolute atomic E-state index is 0.160. The first-order valence-electron chi connectivity index (χ1n) is 6.39. The van der Waals surface area contributed by atoms with E-state index in [0.717, 1.165) is 12.8 Å². The van der Waals surface area contributed by atoms with Crippen molar-refractivity contribution in [2.24, 2.45) is 0 Å². The molecule has 1 amide bonds. The number of hydrogen-bond acceptors (Lipinski definition) is 3. The van der Waals surface area contributed by atoms with Gasteiger partial charge in [0.15, 0.2) is 0 Å². The van der Waals surface area contributed by atoms with E-state index in [4.69, 9.17) is 5.73 Å². The number of nitrogens with two attached hydrogens (primary N) is 1. The SMILES string of the molecule is C=CCCCN(C)C(=O)c1sc2cccc(F)c2c1N. The zero-order valence-electron chi connectivity index (χ0n) is 11.4. The van der Waals surface area contributed by atoms with Crippen LogP contribution in [0.1, 0.15) is 22.5 Å². The molecule has 0 saturated carbocycles. The van der Waals surface area contributed by atoms with Gasteiger partial charge in [-0.05, 0) is 25.0 Å². The summed E-state index contributed by atoms with van der Waals surface area (Å²) in [6.45, 7) is 4.28. The van der Waals surface area contributed by atoms with Crippen LogP contribution in [0.2, 0.25) is 0 Å². The third kappa shape index (κ3) is 2.67. The first-order valence-corrected chi connectivity index (χ1v) is 7.20. The molecular weight excluding hydrogens is 275 g/mol. The molecule has 0 bridgehead atoms. The molecule has 1 aromatic carbocycles. The summed E-state index contributed by atoms with van der Waals surface area (Å²) in [7, 11) is 1.73. The molecule has 1 aromatic heterocycles. The number of fused-ring (bicyclic) bond motifs is 1. The van der Waals surface area contributed by atoms with Gasteiger partial charge in [-0.15, -0.1) is 17.9 Å². The molecular formula is C15H17FN2OS. The molecule has 0 spiro atoms. The molecule has 5 heteroatoms. The molecule has 0 fully saturated rings. The molecule has 2 N–H and O–H groups in total. The van der Waals surface area contributed by atoms with Gasteiger partial charge < -0.3 is 10.6 Å². The predicted molar refractivity (Wildman–Crippen MR) is 82.6 cm³/mol. The Balaban J connectivity index is 2.28. The molecule has 0 aliphatic carbocycles. The van der Waals surface area contributed by atoms with Gasteiger partial charge >= 0.3 is 0 Å². The molecule has 1 heterocycles. The number of hydrogen-bond donors (Lipinski definition) is 1. The number of halogens is 1. The molecule has 2 aromatic rings. The molecule has 0 saturated heterocycles. The second-order valence-corrected chi connectivity index (χ2v) is 5.67. The average molecular weight is 292 g/mol. The lowest BCUT2D eigenvalue weighted by atomic mass is 10.2. The Labute approximate surface area is 121 Å². The van der Waals surface area contributed by atoms with Crippen LogP contribution in [0.4, 0.5) is 10.1 Å². The normalized spacial score (nSPS) is 10.7. The first-order chi connectivity index (χ1) is 9.56. The Hall–Kier alpha value is -1.88. The summed E-state index contributed by atoms with van der Waals surface area (Å²) in [6.07, 6.45) is 3.53. The van der Waals surface area contributed by atoms with Crippen molar-refractivity contribution >= 4 is 33.0 Å². The molecule has 0 atom stereocenters. The van der Waals surface area contributed by atoms with Crippen molar-refractivity contribution in [2.75, 3.05) is 19.3 Å². The van der Waals surface area contributed by atoms with E-state index >= 15 is 0 Å². The first kappa shape index (κ1) is 14.5. The van der Waals surface area contributed by atoms with E-state index in [1.54, 1.807) is 24.1 Å². The van der Waals surface area contributed by atoms with Gasteiger partial charge in [-0.2, -0.15) is 0 Å². The number of amides is 1. The van der Waals surface area contributed by atoms with E-state index in [-0.39, 0.29) is 17.4 Å². The maximum Gasteiger partial charge on any atom is 0.265 e. The van der Waals surface area contributed by atoms with Crippen LogP contribution < -0.4 is 5.73 Å². The highest BCUT2D eigenvalue weighted by molar-refractivity contribution is 7.21. The fourth-order valence-electron chi connectivity index (χ4n) is 2.04. The second kappa shape index (κ2) is 6.05. The summed E-state index contributed by atoms with van der Waals surface area (Å²) < 4.78 is 14.5. The van der Waals surface area contributed by atoms with E-state index < -0.39 is 0 Å². The second-order valence-electron chi connectivity index (χ2n) is 4.62. The van der Waals surface area contributed by atoms with Crippen LogP contribution >= 0.6 is 11.3 Å². The zero-order valence-corrected chi connectivity index (χ0v) is 12.2. The quantitative estimate of drug-likeness (QED) is 0.675. The fourth-order valence-corrected chi connectivity index (χ4v) is 3.17. The summed E-state index contributed by atoms with van der Waals surface area (Å²) in [5, 5.41) is 0.348. The molecule has 0 aliphatic rings. The van der Waals surface area contributed by atoms with Gasteiger partial charge in [0.1, 0.15) is 10.7 Å². The van der Waals surface area contributed by atoms with Crippen molar-refractivity contribution in [1.29, 1.82) is 0 Å². The Morgan fingerprint density at radius 2 is 2.30 bits per heavy atom. The maximum atomic E-state index is 13.8. The Bertz CT molecular complexity index is 651. The van der Waals surface area contributed by atoms with Gasteiger partial charge in [-0.25, -0.2) is 4.39 Å². The number of rotatable bonds is 5. The third-order valence-electron chi connectivity index (χ3n) is 3.14. The Kier molecular flexibility index (Phi) is 4.39. The van der Waals surface area contributed by atoms with Crippen molar-refractivity contribution in [3.8, 4) is 0 Å². The van der Waals surface area contributed by atoms with Gasteiger partial charge in [0.05, 0.1) is 11.1 Å². The van der Waals surface area contributed by atoms with Gasteiger partial charge in [-0.1, -0.05) is 12.1 Å². The van der Waals surface area contributed by atoms with E-state index in [0.29, 0.717) is 21.5 Å². The number of benzene rings is 1. The van der Waals surface area contributed by atoms with Crippen molar-refractivity contribution < 1.29 is 9.18 Å². The smallest absolute Gasteiger partial charge is 0.265 e. The molecule has 0 radical (unpaired) electrons. The van der Waals surface area contributed by atoms with Crippen molar-refractivity contribution in [2.45, 2.75) is 12.8 Å².